The van der Waals surface area contributed by atoms with Gasteiger partial charge < -0.3 is 20.4 Å². The molecule has 0 amide bonds. The van der Waals surface area contributed by atoms with Crippen molar-refractivity contribution in [3.05, 3.63) is 0 Å². The fraction of sp³-hybridized carbons (Fsp3) is 0.667. The summed E-state index contributed by atoms with van der Waals surface area (Å²) in [5, 5.41) is 31.5. The third kappa shape index (κ3) is 1.99. The molecule has 0 heterocycles. The van der Waals surface area contributed by atoms with Crippen LogP contribution in [0.3, 0.4) is 0 Å². The molecule has 0 aromatic rings. The van der Waals surface area contributed by atoms with Gasteiger partial charge in [-0.05, 0) is 0 Å². The SMILES string of the molecule is O=C(C(O)O)C(O)O. The number of aliphatic hydroxyl groups is 4. The van der Waals surface area contributed by atoms with Crippen molar-refractivity contribution in [2.45, 2.75) is 12.6 Å². The number of carbonyl (C=O) groups excluding carboxylic acids is 1. The maximum absolute atomic E-state index is 9.84. The smallest absolute Gasteiger partial charge is 0.243 e. The van der Waals surface area contributed by atoms with E-state index in [2.05, 4.69) is 0 Å². The quantitative estimate of drug-likeness (QED) is 0.296. The lowest BCUT2D eigenvalue weighted by Crippen LogP contribution is -2.31. The molecule has 0 aliphatic rings. The molecule has 0 unspecified atom stereocenters. The van der Waals surface area contributed by atoms with E-state index in [4.69, 9.17) is 20.4 Å². The van der Waals surface area contributed by atoms with Crippen LogP contribution in [0.2, 0.25) is 0 Å². The Bertz CT molecular complexity index is 75.7. The molecule has 0 aliphatic carbocycles. The highest BCUT2D eigenvalue weighted by Gasteiger charge is 2.17. The molecular formula is C3H6O5. The Morgan fingerprint density at radius 2 is 1.25 bits per heavy atom. The van der Waals surface area contributed by atoms with Crippen LogP contribution in [-0.4, -0.2) is 38.8 Å². The van der Waals surface area contributed by atoms with Gasteiger partial charge in [0.1, 0.15) is 0 Å². The molecule has 5 heteroatoms. The molecule has 0 aliphatic heterocycles. The van der Waals surface area contributed by atoms with Gasteiger partial charge >= 0.3 is 0 Å². The van der Waals surface area contributed by atoms with Gasteiger partial charge in [-0.25, -0.2) is 0 Å². The Morgan fingerprint density at radius 1 is 1.00 bits per heavy atom. The Labute approximate surface area is 44.8 Å². The zero-order valence-electron chi connectivity index (χ0n) is 3.85. The number of hydrogen-bond acceptors (Lipinski definition) is 5. The van der Waals surface area contributed by atoms with E-state index in [9.17, 15) is 4.79 Å². The molecule has 8 heavy (non-hydrogen) atoms. The van der Waals surface area contributed by atoms with Crippen molar-refractivity contribution in [1.29, 1.82) is 0 Å². The monoisotopic (exact) mass is 122 g/mol. The molecule has 0 rings (SSSR count). The fourth-order valence-corrected chi connectivity index (χ4v) is 0.133. The van der Waals surface area contributed by atoms with Crippen LogP contribution in [0, 0.1) is 0 Å². The van der Waals surface area contributed by atoms with Crippen LogP contribution in [0.15, 0.2) is 0 Å². The third-order valence-electron chi connectivity index (χ3n) is 0.509. The van der Waals surface area contributed by atoms with Gasteiger partial charge in [-0.3, -0.25) is 4.79 Å². The number of aliphatic hydroxyl groups excluding tert-OH is 2. The second-order valence-electron chi connectivity index (χ2n) is 1.15. The standard InChI is InChI=1S/C3H6O5/c4-1(2(5)6)3(7)8/h2-3,5-8H. The summed E-state index contributed by atoms with van der Waals surface area (Å²) in [5.41, 5.74) is 0. The van der Waals surface area contributed by atoms with Gasteiger partial charge in [0.15, 0.2) is 0 Å². The first-order valence-electron chi connectivity index (χ1n) is 1.81. The molecule has 0 aromatic heterocycles. The predicted octanol–water partition coefficient (Wildman–Crippen LogP) is -2.82. The van der Waals surface area contributed by atoms with Crippen LogP contribution >= 0.6 is 0 Å². The van der Waals surface area contributed by atoms with E-state index < -0.39 is 18.4 Å². The first-order chi connectivity index (χ1) is 3.55. The van der Waals surface area contributed by atoms with Gasteiger partial charge in [0.2, 0.25) is 18.4 Å². The van der Waals surface area contributed by atoms with Crippen molar-refractivity contribution in [1.82, 2.24) is 0 Å². The van der Waals surface area contributed by atoms with Crippen LogP contribution in [-0.2, 0) is 4.79 Å². The zero-order chi connectivity index (χ0) is 6.73. The van der Waals surface area contributed by atoms with Crippen LogP contribution in [0.25, 0.3) is 0 Å². The second-order valence-corrected chi connectivity index (χ2v) is 1.15. The van der Waals surface area contributed by atoms with Gasteiger partial charge in [0.05, 0.1) is 0 Å². The van der Waals surface area contributed by atoms with Crippen molar-refractivity contribution < 1.29 is 25.2 Å². The molecule has 0 saturated carbocycles. The molecule has 5 nitrogen and oxygen atoms in total. The van der Waals surface area contributed by atoms with Gasteiger partial charge in [0.25, 0.3) is 0 Å². The summed E-state index contributed by atoms with van der Waals surface area (Å²) in [5.74, 6) is -1.43. The van der Waals surface area contributed by atoms with Crippen molar-refractivity contribution in [2.75, 3.05) is 0 Å². The Balaban J connectivity index is 3.65. The molecule has 0 radical (unpaired) electrons. The minimum absolute atomic E-state index is 1.43. The summed E-state index contributed by atoms with van der Waals surface area (Å²) in [4.78, 5) is 9.84. The summed E-state index contributed by atoms with van der Waals surface area (Å²) >= 11 is 0. The highest BCUT2D eigenvalue weighted by Crippen LogP contribution is 1.83. The number of carbonyl (C=O) groups is 1. The minimum atomic E-state index is -2.30. The Kier molecular flexibility index (Phi) is 2.56. The molecule has 0 spiro atoms. The van der Waals surface area contributed by atoms with Crippen molar-refractivity contribution >= 4 is 5.78 Å². The van der Waals surface area contributed by atoms with E-state index in [0.717, 1.165) is 0 Å². The molecule has 0 saturated heterocycles. The summed E-state index contributed by atoms with van der Waals surface area (Å²) in [7, 11) is 0. The van der Waals surface area contributed by atoms with E-state index in [1.807, 2.05) is 0 Å². The first kappa shape index (κ1) is 7.51. The van der Waals surface area contributed by atoms with E-state index in [1.165, 1.54) is 0 Å². The largest absolute Gasteiger partial charge is 0.362 e. The topological polar surface area (TPSA) is 98.0 Å². The fourth-order valence-electron chi connectivity index (χ4n) is 0.133. The van der Waals surface area contributed by atoms with Gasteiger partial charge in [-0.2, -0.15) is 0 Å². The molecule has 0 fully saturated rings. The summed E-state index contributed by atoms with van der Waals surface area (Å²) < 4.78 is 0. The van der Waals surface area contributed by atoms with E-state index in [0.29, 0.717) is 0 Å². The van der Waals surface area contributed by atoms with Gasteiger partial charge in [-0.15, -0.1) is 0 Å². The summed E-state index contributed by atoms with van der Waals surface area (Å²) in [6, 6.07) is 0. The average Bonchev–Trinajstić information content (AvgIpc) is 1.64. The number of ketones is 1. The maximum atomic E-state index is 9.84. The van der Waals surface area contributed by atoms with E-state index in [-0.39, 0.29) is 0 Å². The summed E-state index contributed by atoms with van der Waals surface area (Å²) in [6.07, 6.45) is -4.59. The van der Waals surface area contributed by atoms with Crippen LogP contribution in [0.4, 0.5) is 0 Å². The van der Waals surface area contributed by atoms with E-state index >= 15 is 0 Å². The lowest BCUT2D eigenvalue weighted by Gasteiger charge is -2.01. The number of hydrogen-bond donors (Lipinski definition) is 4. The third-order valence-corrected chi connectivity index (χ3v) is 0.509. The Morgan fingerprint density at radius 3 is 1.25 bits per heavy atom. The van der Waals surface area contributed by atoms with Crippen molar-refractivity contribution in [3.63, 3.8) is 0 Å². The van der Waals surface area contributed by atoms with Crippen molar-refractivity contribution in [3.8, 4) is 0 Å². The van der Waals surface area contributed by atoms with Crippen LogP contribution < -0.4 is 0 Å². The normalized spacial score (nSPS) is 10.8. The molecule has 0 atom stereocenters. The average molecular weight is 122 g/mol. The molecule has 0 bridgehead atoms. The lowest BCUT2D eigenvalue weighted by molar-refractivity contribution is -0.171. The zero-order valence-corrected chi connectivity index (χ0v) is 3.85. The van der Waals surface area contributed by atoms with Gasteiger partial charge in [-0.1, -0.05) is 0 Å². The minimum Gasteiger partial charge on any atom is -0.362 e. The highest BCUT2D eigenvalue weighted by molar-refractivity contribution is 5.83. The maximum Gasteiger partial charge on any atom is 0.243 e. The second kappa shape index (κ2) is 2.73. The molecule has 4 N–H and O–H groups in total. The number of Topliss-reactive ketones (excluding diaryl/α,β-unsaturated/α-hetero) is 1. The Hall–Kier alpha value is -0.490. The molecular weight excluding hydrogens is 116 g/mol. The van der Waals surface area contributed by atoms with E-state index in [1.54, 1.807) is 0 Å². The highest BCUT2D eigenvalue weighted by atomic mass is 16.5. The van der Waals surface area contributed by atoms with Gasteiger partial charge in [0, 0.05) is 0 Å². The molecule has 48 valence electrons. The van der Waals surface area contributed by atoms with Crippen LogP contribution in [0.1, 0.15) is 0 Å². The first-order valence-corrected chi connectivity index (χ1v) is 1.81. The van der Waals surface area contributed by atoms with Crippen LogP contribution in [0.5, 0.6) is 0 Å². The number of rotatable bonds is 2. The molecule has 0 aromatic carbocycles. The summed E-state index contributed by atoms with van der Waals surface area (Å²) in [6.45, 7) is 0. The lowest BCUT2D eigenvalue weighted by atomic mass is 10.4. The van der Waals surface area contributed by atoms with Crippen molar-refractivity contribution in [2.24, 2.45) is 0 Å². The predicted molar refractivity (Wildman–Crippen MR) is 21.5 cm³/mol.